The van der Waals surface area contributed by atoms with E-state index in [9.17, 15) is 17.6 Å². The number of hydrogen-bond acceptors (Lipinski definition) is 6. The largest absolute Gasteiger partial charge is 0.388 e. The van der Waals surface area contributed by atoms with Gasteiger partial charge in [0.05, 0.1) is 16.7 Å². The second kappa shape index (κ2) is 13.0. The minimum absolute atomic E-state index is 0.103. The van der Waals surface area contributed by atoms with Crippen molar-refractivity contribution in [3.63, 3.8) is 0 Å². The SMILES string of the molecule is COC.COC(C)c1ccc(N2CCN(C(=O)c3cc(S(C)(=O)=O)ccc3-c3ccccc3)CC2)c(F)c1. The molecule has 1 heterocycles. The number of anilines is 1. The van der Waals surface area contributed by atoms with Crippen LogP contribution in [-0.4, -0.2) is 73.0 Å². The van der Waals surface area contributed by atoms with Crippen LogP contribution in [0.3, 0.4) is 0 Å². The van der Waals surface area contributed by atoms with E-state index in [-0.39, 0.29) is 22.7 Å². The van der Waals surface area contributed by atoms with Crippen LogP contribution in [0.15, 0.2) is 71.6 Å². The predicted molar refractivity (Wildman–Crippen MR) is 148 cm³/mol. The number of nitrogens with zero attached hydrogens (tertiary/aromatic N) is 2. The lowest BCUT2D eigenvalue weighted by Crippen LogP contribution is -2.49. The Labute approximate surface area is 224 Å². The second-order valence-electron chi connectivity index (χ2n) is 9.12. The molecule has 1 atom stereocenters. The van der Waals surface area contributed by atoms with E-state index in [0.717, 1.165) is 17.4 Å². The van der Waals surface area contributed by atoms with E-state index in [1.165, 1.54) is 18.2 Å². The van der Waals surface area contributed by atoms with Gasteiger partial charge in [0.25, 0.3) is 5.91 Å². The van der Waals surface area contributed by atoms with Gasteiger partial charge in [0.2, 0.25) is 0 Å². The molecule has 1 aliphatic rings. The normalized spacial score (nSPS) is 14.5. The minimum Gasteiger partial charge on any atom is -0.388 e. The van der Waals surface area contributed by atoms with Crippen LogP contribution in [0.1, 0.15) is 28.9 Å². The van der Waals surface area contributed by atoms with Crippen LogP contribution in [-0.2, 0) is 19.3 Å². The molecule has 1 unspecified atom stereocenters. The summed E-state index contributed by atoms with van der Waals surface area (Å²) in [4.78, 5) is 17.3. The van der Waals surface area contributed by atoms with Crippen molar-refractivity contribution < 1.29 is 27.1 Å². The number of sulfone groups is 1. The van der Waals surface area contributed by atoms with E-state index in [1.54, 1.807) is 38.4 Å². The van der Waals surface area contributed by atoms with Crippen molar-refractivity contribution in [2.45, 2.75) is 17.9 Å². The first kappa shape index (κ1) is 29.3. The molecule has 38 heavy (non-hydrogen) atoms. The van der Waals surface area contributed by atoms with Gasteiger partial charge in [0.15, 0.2) is 9.84 Å². The monoisotopic (exact) mass is 542 g/mol. The molecule has 3 aromatic carbocycles. The van der Waals surface area contributed by atoms with E-state index >= 15 is 0 Å². The lowest BCUT2D eigenvalue weighted by atomic mass is 9.98. The number of halogens is 1. The Morgan fingerprint density at radius 3 is 2.11 bits per heavy atom. The molecule has 204 valence electrons. The quantitative estimate of drug-likeness (QED) is 0.444. The zero-order valence-electron chi connectivity index (χ0n) is 22.5. The van der Waals surface area contributed by atoms with Crippen LogP contribution in [0.5, 0.6) is 0 Å². The highest BCUT2D eigenvalue weighted by atomic mass is 32.2. The van der Waals surface area contributed by atoms with Gasteiger partial charge in [-0.25, -0.2) is 12.8 Å². The number of benzene rings is 3. The number of methoxy groups -OCH3 is 2. The Hall–Kier alpha value is -3.27. The Bertz CT molecular complexity index is 1340. The third-order valence-corrected chi connectivity index (χ3v) is 7.55. The third kappa shape index (κ3) is 6.98. The van der Waals surface area contributed by atoms with Crippen molar-refractivity contribution in [2.24, 2.45) is 0 Å². The predicted octanol–water partition coefficient (Wildman–Crippen LogP) is 4.83. The molecule has 0 radical (unpaired) electrons. The maximum Gasteiger partial charge on any atom is 0.254 e. The van der Waals surface area contributed by atoms with Crippen LogP contribution in [0.2, 0.25) is 0 Å². The van der Waals surface area contributed by atoms with Crippen LogP contribution >= 0.6 is 0 Å². The molecule has 7 nitrogen and oxygen atoms in total. The summed E-state index contributed by atoms with van der Waals surface area (Å²) in [6, 6.07) is 19.2. The number of carbonyl (C=O) groups is 1. The van der Waals surface area contributed by atoms with E-state index in [4.69, 9.17) is 4.74 Å². The topological polar surface area (TPSA) is 76.2 Å². The molecule has 4 rings (SSSR count). The maximum atomic E-state index is 14.8. The zero-order valence-corrected chi connectivity index (χ0v) is 23.3. The summed E-state index contributed by atoms with van der Waals surface area (Å²) in [7, 11) is 1.36. The highest BCUT2D eigenvalue weighted by Gasteiger charge is 2.27. The fourth-order valence-corrected chi connectivity index (χ4v) is 4.94. The van der Waals surface area contributed by atoms with Gasteiger partial charge in [-0.3, -0.25) is 4.79 Å². The van der Waals surface area contributed by atoms with Gasteiger partial charge >= 0.3 is 0 Å². The molecule has 1 saturated heterocycles. The van der Waals surface area contributed by atoms with E-state index in [1.807, 2.05) is 48.2 Å². The van der Waals surface area contributed by atoms with Gasteiger partial charge in [0.1, 0.15) is 5.82 Å². The molecule has 3 aromatic rings. The molecule has 0 aromatic heterocycles. The summed E-state index contributed by atoms with van der Waals surface area (Å²) >= 11 is 0. The van der Waals surface area contributed by atoms with Gasteiger partial charge in [-0.1, -0.05) is 42.5 Å². The molecule has 1 amide bonds. The Morgan fingerprint density at radius 2 is 1.55 bits per heavy atom. The highest BCUT2D eigenvalue weighted by Crippen LogP contribution is 2.29. The number of hydrogen-bond donors (Lipinski definition) is 0. The van der Waals surface area contributed by atoms with Gasteiger partial charge < -0.3 is 19.3 Å². The molecule has 0 spiro atoms. The fourth-order valence-electron chi connectivity index (χ4n) is 4.29. The number of amides is 1. The van der Waals surface area contributed by atoms with Crippen LogP contribution in [0.25, 0.3) is 11.1 Å². The number of piperazine rings is 1. The first-order valence-electron chi connectivity index (χ1n) is 12.3. The first-order chi connectivity index (χ1) is 18.1. The summed E-state index contributed by atoms with van der Waals surface area (Å²) < 4.78 is 48.7. The lowest BCUT2D eigenvalue weighted by molar-refractivity contribution is 0.0747. The molecular weight excluding hydrogens is 507 g/mol. The summed E-state index contributed by atoms with van der Waals surface area (Å²) in [5.74, 6) is -0.558. The smallest absolute Gasteiger partial charge is 0.254 e. The van der Waals surface area contributed by atoms with Crippen LogP contribution in [0.4, 0.5) is 10.1 Å². The molecule has 9 heteroatoms. The van der Waals surface area contributed by atoms with Crippen molar-refractivity contribution in [3.05, 3.63) is 83.7 Å². The van der Waals surface area contributed by atoms with Crippen LogP contribution < -0.4 is 4.90 Å². The van der Waals surface area contributed by atoms with Crippen molar-refractivity contribution in [1.82, 2.24) is 4.90 Å². The zero-order chi connectivity index (χ0) is 27.9. The molecule has 0 bridgehead atoms. The standard InChI is InChI=1S/C27H29FN2O4S.C2H6O/c1-19(34-2)21-9-12-26(25(28)17-21)29-13-15-30(16-14-29)27(31)24-18-22(35(3,32)33)10-11-23(24)20-7-5-4-6-8-20;1-3-2/h4-12,17-19H,13-16H2,1-3H3;1-2H3. The van der Waals surface area contributed by atoms with E-state index in [2.05, 4.69) is 4.74 Å². The Balaban J connectivity index is 0.00000127. The molecule has 1 aliphatic heterocycles. The van der Waals surface area contributed by atoms with E-state index in [0.29, 0.717) is 43.0 Å². The molecule has 0 saturated carbocycles. The second-order valence-corrected chi connectivity index (χ2v) is 11.1. The van der Waals surface area contributed by atoms with Gasteiger partial charge in [0, 0.05) is 59.3 Å². The first-order valence-corrected chi connectivity index (χ1v) is 14.2. The lowest BCUT2D eigenvalue weighted by Gasteiger charge is -2.36. The molecular formula is C29H35FN2O5S. The average Bonchev–Trinajstić information content (AvgIpc) is 2.92. The van der Waals surface area contributed by atoms with Gasteiger partial charge in [-0.2, -0.15) is 0 Å². The summed E-state index contributed by atoms with van der Waals surface area (Å²) in [5.41, 5.74) is 3.12. The summed E-state index contributed by atoms with van der Waals surface area (Å²) in [5, 5.41) is 0. The highest BCUT2D eigenvalue weighted by molar-refractivity contribution is 7.90. The van der Waals surface area contributed by atoms with Crippen molar-refractivity contribution in [2.75, 3.05) is 58.7 Å². The fraction of sp³-hybridized carbons (Fsp3) is 0.345. The number of rotatable bonds is 6. The number of ether oxygens (including phenoxy) is 2. The third-order valence-electron chi connectivity index (χ3n) is 6.44. The van der Waals surface area contributed by atoms with Gasteiger partial charge in [-0.05, 0) is 47.9 Å². The average molecular weight is 543 g/mol. The Morgan fingerprint density at radius 1 is 0.921 bits per heavy atom. The van der Waals surface area contributed by atoms with Crippen LogP contribution in [0, 0.1) is 5.82 Å². The minimum atomic E-state index is -3.48. The van der Waals surface area contributed by atoms with Crippen molar-refractivity contribution in [3.8, 4) is 11.1 Å². The molecule has 0 aliphatic carbocycles. The van der Waals surface area contributed by atoms with Crippen molar-refractivity contribution in [1.29, 1.82) is 0 Å². The molecule has 1 fully saturated rings. The summed E-state index contributed by atoms with van der Waals surface area (Å²) in [6.07, 6.45) is 0.930. The Kier molecular flexibility index (Phi) is 10.0. The van der Waals surface area contributed by atoms with E-state index < -0.39 is 9.84 Å². The van der Waals surface area contributed by atoms with Gasteiger partial charge in [-0.15, -0.1) is 0 Å². The van der Waals surface area contributed by atoms with Crippen molar-refractivity contribution >= 4 is 21.4 Å². The molecule has 0 N–H and O–H groups in total. The maximum absolute atomic E-state index is 14.8. The summed E-state index contributed by atoms with van der Waals surface area (Å²) in [6.45, 7) is 3.58. The number of carbonyl (C=O) groups excluding carboxylic acids is 1.